The number of halogens is 1. The summed E-state index contributed by atoms with van der Waals surface area (Å²) in [7, 11) is 0. The van der Waals surface area contributed by atoms with Gasteiger partial charge in [0.05, 0.1) is 28.9 Å². The van der Waals surface area contributed by atoms with Crippen LogP contribution in [-0.2, 0) is 11.3 Å². The first kappa shape index (κ1) is 28.9. The number of piperazine rings is 1. The Kier molecular flexibility index (Phi) is 7.32. The average Bonchev–Trinajstić information content (AvgIpc) is 3.80. The van der Waals surface area contributed by atoms with Crippen LogP contribution in [0.15, 0.2) is 42.6 Å². The standard InChI is InChI=1S/C34H32FN7O3S/c1-18-2-4-19(5-3-18)17-44-30-28(23-6-7-26(35)31-27(23)24(13-36)32(37)46-31)39-15-25-29(30)40-34(45-22-8-10-43-11-9-22)41-33(25)42-16-20-12-21(42)14-38-20/h2-7,15,20-22,38H,8-12,14,16-17,37H2,1H3. The number of benzene rings is 2. The molecule has 8 rings (SSSR count). The zero-order valence-corrected chi connectivity index (χ0v) is 26.1. The molecular weight excluding hydrogens is 605 g/mol. The maximum absolute atomic E-state index is 15.1. The van der Waals surface area contributed by atoms with Crippen molar-refractivity contribution in [3.05, 3.63) is 65.1 Å². The molecule has 5 aromatic rings. The van der Waals surface area contributed by atoms with Gasteiger partial charge < -0.3 is 30.2 Å². The van der Waals surface area contributed by atoms with Crippen molar-refractivity contribution in [3.63, 3.8) is 0 Å². The molecule has 3 aliphatic rings. The summed E-state index contributed by atoms with van der Waals surface area (Å²) in [4.78, 5) is 17.2. The first-order valence-electron chi connectivity index (χ1n) is 15.5. The number of rotatable bonds is 7. The summed E-state index contributed by atoms with van der Waals surface area (Å²) in [5.41, 5.74) is 10.0. The first-order valence-corrected chi connectivity index (χ1v) is 16.3. The molecule has 10 nitrogen and oxygen atoms in total. The summed E-state index contributed by atoms with van der Waals surface area (Å²) in [5, 5.41) is 15.0. The number of nitrogen functional groups attached to an aromatic ring is 1. The van der Waals surface area contributed by atoms with Gasteiger partial charge in [0.25, 0.3) is 0 Å². The zero-order chi connectivity index (χ0) is 31.4. The largest absolute Gasteiger partial charge is 0.484 e. The van der Waals surface area contributed by atoms with Crippen LogP contribution >= 0.6 is 11.3 Å². The normalized spacial score (nSPS) is 19.6. The lowest BCUT2D eigenvalue weighted by Gasteiger charge is -2.30. The molecule has 3 fully saturated rings. The third-order valence-corrected chi connectivity index (χ3v) is 10.1. The van der Waals surface area contributed by atoms with Crippen LogP contribution in [0.25, 0.3) is 32.2 Å². The van der Waals surface area contributed by atoms with E-state index in [4.69, 9.17) is 34.9 Å². The van der Waals surface area contributed by atoms with E-state index in [0.29, 0.717) is 57.9 Å². The molecule has 0 amide bonds. The number of hydrogen-bond acceptors (Lipinski definition) is 11. The zero-order valence-electron chi connectivity index (χ0n) is 25.3. The van der Waals surface area contributed by atoms with Crippen molar-refractivity contribution in [2.24, 2.45) is 0 Å². The third kappa shape index (κ3) is 5.05. The number of nitrogens with two attached hydrogens (primary N) is 1. The molecule has 2 unspecified atom stereocenters. The van der Waals surface area contributed by atoms with Crippen molar-refractivity contribution in [2.45, 2.75) is 51.0 Å². The topological polar surface area (TPSA) is 131 Å². The van der Waals surface area contributed by atoms with Crippen LogP contribution in [0.3, 0.4) is 0 Å². The van der Waals surface area contributed by atoms with Crippen molar-refractivity contribution in [3.8, 4) is 29.1 Å². The quantitative estimate of drug-likeness (QED) is 0.236. The van der Waals surface area contributed by atoms with Gasteiger partial charge in [0.1, 0.15) is 46.6 Å². The molecule has 3 N–H and O–H groups in total. The van der Waals surface area contributed by atoms with E-state index in [1.165, 1.54) is 6.07 Å². The van der Waals surface area contributed by atoms with Crippen LogP contribution < -0.4 is 25.4 Å². The average molecular weight is 638 g/mol. The fourth-order valence-electron chi connectivity index (χ4n) is 6.73. The summed E-state index contributed by atoms with van der Waals surface area (Å²) < 4.78 is 34.0. The number of aryl methyl sites for hydroxylation is 1. The SMILES string of the molecule is Cc1ccc(COc2c(-c3ccc(F)c4sc(N)c(C#N)c34)ncc3c(N4CC5CC4CN5)nc(OC4CCOCC4)nc23)cc1. The highest BCUT2D eigenvalue weighted by Gasteiger charge is 2.40. The van der Waals surface area contributed by atoms with Gasteiger partial charge in [-0.05, 0) is 31.0 Å². The molecular formula is C34H32FN7O3S. The number of nitriles is 1. The van der Waals surface area contributed by atoms with Crippen LogP contribution in [0.5, 0.6) is 11.8 Å². The van der Waals surface area contributed by atoms with E-state index >= 15 is 4.39 Å². The Labute approximate surface area is 268 Å². The number of nitrogens with one attached hydrogen (secondary N) is 1. The van der Waals surface area contributed by atoms with Crippen LogP contribution in [0, 0.1) is 24.1 Å². The lowest BCUT2D eigenvalue weighted by molar-refractivity contribution is 0.0219. The third-order valence-electron chi connectivity index (χ3n) is 9.12. The molecule has 0 aliphatic carbocycles. The minimum Gasteiger partial charge on any atom is -0.484 e. The smallest absolute Gasteiger partial charge is 0.319 e. The Morgan fingerprint density at radius 2 is 2.00 bits per heavy atom. The molecule has 234 valence electrons. The Morgan fingerprint density at radius 1 is 1.17 bits per heavy atom. The van der Waals surface area contributed by atoms with Crippen molar-refractivity contribution in [1.29, 1.82) is 5.26 Å². The van der Waals surface area contributed by atoms with Crippen LogP contribution in [0.2, 0.25) is 0 Å². The number of pyridine rings is 1. The fraction of sp³-hybridized carbons (Fsp3) is 0.353. The van der Waals surface area contributed by atoms with E-state index in [2.05, 4.69) is 16.3 Å². The lowest BCUT2D eigenvalue weighted by atomic mass is 10.0. The molecule has 0 spiro atoms. The number of hydrogen-bond donors (Lipinski definition) is 2. The van der Waals surface area contributed by atoms with Gasteiger partial charge in [-0.25, -0.2) is 4.39 Å². The highest BCUT2D eigenvalue weighted by atomic mass is 32.1. The van der Waals surface area contributed by atoms with E-state index in [1.807, 2.05) is 31.2 Å². The summed E-state index contributed by atoms with van der Waals surface area (Å²) in [5.74, 6) is 0.707. The Hall–Kier alpha value is -4.57. The van der Waals surface area contributed by atoms with Gasteiger partial charge in [-0.1, -0.05) is 29.8 Å². The monoisotopic (exact) mass is 637 g/mol. The molecule has 12 heteroatoms. The maximum atomic E-state index is 15.1. The summed E-state index contributed by atoms with van der Waals surface area (Å²) >= 11 is 1.05. The minimum absolute atomic E-state index is 0.0716. The maximum Gasteiger partial charge on any atom is 0.319 e. The molecule has 46 heavy (non-hydrogen) atoms. The number of thiophene rings is 1. The predicted molar refractivity (Wildman–Crippen MR) is 175 cm³/mol. The summed E-state index contributed by atoms with van der Waals surface area (Å²) in [6.07, 6.45) is 4.22. The minimum atomic E-state index is -0.450. The van der Waals surface area contributed by atoms with Gasteiger partial charge in [0.15, 0.2) is 5.75 Å². The van der Waals surface area contributed by atoms with Crippen LogP contribution in [0.4, 0.5) is 15.2 Å². The van der Waals surface area contributed by atoms with Crippen LogP contribution in [0.1, 0.15) is 36.0 Å². The predicted octanol–water partition coefficient (Wildman–Crippen LogP) is 5.50. The number of fused-ring (bicyclic) bond motifs is 4. The molecule has 2 atom stereocenters. The molecule has 3 saturated heterocycles. The van der Waals surface area contributed by atoms with E-state index < -0.39 is 5.82 Å². The van der Waals surface area contributed by atoms with Crippen molar-refractivity contribution >= 4 is 43.1 Å². The van der Waals surface area contributed by atoms with Gasteiger partial charge >= 0.3 is 6.01 Å². The fourth-order valence-corrected chi connectivity index (χ4v) is 7.68. The van der Waals surface area contributed by atoms with Gasteiger partial charge in [0, 0.05) is 55.2 Å². The lowest BCUT2D eigenvalue weighted by Crippen LogP contribution is -2.44. The highest BCUT2D eigenvalue weighted by Crippen LogP contribution is 2.46. The first-order chi connectivity index (χ1) is 22.5. The second kappa shape index (κ2) is 11.7. The Morgan fingerprint density at radius 3 is 2.74 bits per heavy atom. The van der Waals surface area contributed by atoms with Gasteiger partial charge in [-0.2, -0.15) is 15.2 Å². The summed E-state index contributed by atoms with van der Waals surface area (Å²) in [6.45, 7) is 5.21. The van der Waals surface area contributed by atoms with Gasteiger partial charge in [-0.15, -0.1) is 11.3 Å². The molecule has 2 aromatic carbocycles. The molecule has 2 bridgehead atoms. The molecule has 6 heterocycles. The number of aromatic nitrogens is 3. The molecule has 3 aromatic heterocycles. The molecule has 0 radical (unpaired) electrons. The van der Waals surface area contributed by atoms with Gasteiger partial charge in [-0.3, -0.25) is 4.98 Å². The Balaban J connectivity index is 1.35. The van der Waals surface area contributed by atoms with E-state index in [0.717, 1.165) is 66.0 Å². The molecule has 0 saturated carbocycles. The van der Waals surface area contributed by atoms with Crippen LogP contribution in [-0.4, -0.2) is 59.4 Å². The van der Waals surface area contributed by atoms with Crippen molar-refractivity contribution in [1.82, 2.24) is 20.3 Å². The second-order valence-corrected chi connectivity index (χ2v) is 13.2. The van der Waals surface area contributed by atoms with Gasteiger partial charge in [0.2, 0.25) is 0 Å². The van der Waals surface area contributed by atoms with Crippen molar-refractivity contribution in [2.75, 3.05) is 36.9 Å². The van der Waals surface area contributed by atoms with E-state index in [1.54, 1.807) is 12.3 Å². The summed E-state index contributed by atoms with van der Waals surface area (Å²) in [6, 6.07) is 14.2. The molecule has 3 aliphatic heterocycles. The van der Waals surface area contributed by atoms with E-state index in [9.17, 15) is 5.26 Å². The number of anilines is 2. The number of ether oxygens (including phenoxy) is 3. The number of nitrogens with zero attached hydrogens (tertiary/aromatic N) is 5. The Bertz CT molecular complexity index is 2010. The highest BCUT2D eigenvalue weighted by molar-refractivity contribution is 7.23. The second-order valence-electron chi connectivity index (χ2n) is 12.1. The van der Waals surface area contributed by atoms with Crippen molar-refractivity contribution < 1.29 is 18.6 Å². The van der Waals surface area contributed by atoms with E-state index in [-0.39, 0.29) is 29.3 Å².